The lowest BCUT2D eigenvalue weighted by Crippen LogP contribution is -2.48. The smallest absolute Gasteiger partial charge is 0.246 e. The molecule has 0 aromatic heterocycles. The van der Waals surface area contributed by atoms with Crippen molar-refractivity contribution >= 4 is 28.4 Å². The average Bonchev–Trinajstić information content (AvgIpc) is 2.77. The Bertz CT molecular complexity index is 1040. The highest BCUT2D eigenvalue weighted by molar-refractivity contribution is 5.93. The number of methoxy groups -OCH3 is 1. The molecule has 1 aliphatic heterocycles. The molecule has 0 unspecified atom stereocenters. The van der Waals surface area contributed by atoms with Gasteiger partial charge in [0.2, 0.25) is 5.91 Å². The van der Waals surface area contributed by atoms with Crippen LogP contribution in [0.15, 0.2) is 66.7 Å². The zero-order chi connectivity index (χ0) is 20.2. The third-order valence-electron chi connectivity index (χ3n) is 5.27. The van der Waals surface area contributed by atoms with Crippen molar-refractivity contribution in [3.8, 4) is 5.75 Å². The van der Waals surface area contributed by atoms with Gasteiger partial charge in [-0.05, 0) is 64.9 Å². The van der Waals surface area contributed by atoms with E-state index in [4.69, 9.17) is 4.74 Å². The van der Waals surface area contributed by atoms with Gasteiger partial charge in [0.05, 0.1) is 7.11 Å². The maximum atomic E-state index is 13.1. The van der Waals surface area contributed by atoms with Gasteiger partial charge in [0.1, 0.15) is 11.6 Å². The summed E-state index contributed by atoms with van der Waals surface area (Å²) < 4.78 is 18.3. The van der Waals surface area contributed by atoms with Crippen molar-refractivity contribution in [1.82, 2.24) is 4.90 Å². The van der Waals surface area contributed by atoms with E-state index < -0.39 is 0 Å². The van der Waals surface area contributed by atoms with Crippen LogP contribution in [-0.2, 0) is 4.79 Å². The van der Waals surface area contributed by atoms with Crippen molar-refractivity contribution in [2.45, 2.75) is 0 Å². The Morgan fingerprint density at radius 1 is 0.931 bits per heavy atom. The lowest BCUT2D eigenvalue weighted by Gasteiger charge is -2.35. The Hall–Kier alpha value is -3.34. The topological polar surface area (TPSA) is 32.8 Å². The summed E-state index contributed by atoms with van der Waals surface area (Å²) in [5, 5.41) is 2.21. The molecule has 3 aromatic rings. The Kier molecular flexibility index (Phi) is 5.47. The van der Waals surface area contributed by atoms with E-state index in [9.17, 15) is 9.18 Å². The molecule has 4 nitrogen and oxygen atoms in total. The van der Waals surface area contributed by atoms with Crippen molar-refractivity contribution in [1.29, 1.82) is 0 Å². The van der Waals surface area contributed by atoms with Gasteiger partial charge in [-0.3, -0.25) is 4.79 Å². The molecule has 1 heterocycles. The molecular formula is C24H23FN2O2. The first-order valence-corrected chi connectivity index (χ1v) is 9.68. The highest BCUT2D eigenvalue weighted by Gasteiger charge is 2.19. The van der Waals surface area contributed by atoms with Gasteiger partial charge in [0, 0.05) is 37.9 Å². The molecule has 0 N–H and O–H groups in total. The van der Waals surface area contributed by atoms with Gasteiger partial charge >= 0.3 is 0 Å². The normalized spacial score (nSPS) is 14.6. The van der Waals surface area contributed by atoms with Gasteiger partial charge in [-0.25, -0.2) is 4.39 Å². The molecular weight excluding hydrogens is 367 g/mol. The third-order valence-corrected chi connectivity index (χ3v) is 5.27. The fraction of sp³-hybridized carbons (Fsp3) is 0.208. The zero-order valence-corrected chi connectivity index (χ0v) is 16.3. The molecule has 4 rings (SSSR count). The zero-order valence-electron chi connectivity index (χ0n) is 16.3. The first-order valence-electron chi connectivity index (χ1n) is 9.68. The van der Waals surface area contributed by atoms with Crippen LogP contribution in [0, 0.1) is 5.82 Å². The van der Waals surface area contributed by atoms with Crippen molar-refractivity contribution < 1.29 is 13.9 Å². The number of carbonyl (C=O) groups is 1. The number of benzene rings is 3. The standard InChI is InChI=1S/C24H23FN2O2/c1-29-23-10-5-19-16-18(2-4-20(19)17-23)3-11-24(28)27-14-12-26(13-15-27)22-8-6-21(25)7-9-22/h2-11,16-17H,12-15H2,1H3/b11-3+. The van der Waals surface area contributed by atoms with Crippen LogP contribution in [0.1, 0.15) is 5.56 Å². The minimum atomic E-state index is -0.236. The van der Waals surface area contributed by atoms with Crippen molar-refractivity contribution in [2.24, 2.45) is 0 Å². The lowest BCUT2D eigenvalue weighted by molar-refractivity contribution is -0.126. The number of hydrogen-bond acceptors (Lipinski definition) is 3. The second kappa shape index (κ2) is 8.35. The minimum absolute atomic E-state index is 0.0126. The van der Waals surface area contributed by atoms with Gasteiger partial charge < -0.3 is 14.5 Å². The van der Waals surface area contributed by atoms with Crippen LogP contribution in [0.2, 0.25) is 0 Å². The molecule has 5 heteroatoms. The molecule has 3 aromatic carbocycles. The number of carbonyl (C=O) groups excluding carboxylic acids is 1. The fourth-order valence-corrected chi connectivity index (χ4v) is 3.58. The molecule has 1 amide bonds. The van der Waals surface area contributed by atoms with Crippen LogP contribution < -0.4 is 9.64 Å². The molecule has 0 saturated carbocycles. The predicted octanol–water partition coefficient (Wildman–Crippen LogP) is 4.35. The fourth-order valence-electron chi connectivity index (χ4n) is 3.58. The minimum Gasteiger partial charge on any atom is -0.497 e. The number of amides is 1. The number of fused-ring (bicyclic) bond motifs is 1. The predicted molar refractivity (Wildman–Crippen MR) is 115 cm³/mol. The summed E-state index contributed by atoms with van der Waals surface area (Å²) in [6, 6.07) is 18.5. The molecule has 0 radical (unpaired) electrons. The van der Waals surface area contributed by atoms with Crippen LogP contribution >= 0.6 is 0 Å². The third kappa shape index (κ3) is 4.40. The Labute approximate surface area is 169 Å². The van der Waals surface area contributed by atoms with Gasteiger partial charge in [-0.1, -0.05) is 18.2 Å². The van der Waals surface area contributed by atoms with Gasteiger partial charge in [-0.15, -0.1) is 0 Å². The highest BCUT2D eigenvalue weighted by atomic mass is 19.1. The van der Waals surface area contributed by atoms with E-state index in [0.29, 0.717) is 13.1 Å². The van der Waals surface area contributed by atoms with Crippen LogP contribution in [0.25, 0.3) is 16.8 Å². The summed E-state index contributed by atoms with van der Waals surface area (Å²) in [5.74, 6) is 0.606. The lowest BCUT2D eigenvalue weighted by atomic mass is 10.1. The van der Waals surface area contributed by atoms with Crippen molar-refractivity contribution in [3.05, 3.63) is 78.1 Å². The number of halogens is 1. The first kappa shape index (κ1) is 19.0. The SMILES string of the molecule is COc1ccc2cc(/C=C/C(=O)N3CCN(c4ccc(F)cc4)CC3)ccc2c1. The van der Waals surface area contributed by atoms with E-state index >= 15 is 0 Å². The van der Waals surface area contributed by atoms with Gasteiger partial charge in [0.15, 0.2) is 0 Å². The number of hydrogen-bond donors (Lipinski definition) is 0. The molecule has 0 bridgehead atoms. The Morgan fingerprint density at radius 3 is 2.34 bits per heavy atom. The van der Waals surface area contributed by atoms with E-state index in [1.54, 1.807) is 25.3 Å². The summed E-state index contributed by atoms with van der Waals surface area (Å²) in [6.45, 7) is 2.78. The highest BCUT2D eigenvalue weighted by Crippen LogP contribution is 2.22. The van der Waals surface area contributed by atoms with E-state index in [-0.39, 0.29) is 11.7 Å². The Morgan fingerprint density at radius 2 is 1.62 bits per heavy atom. The number of anilines is 1. The average molecular weight is 390 g/mol. The number of nitrogens with zero attached hydrogens (tertiary/aromatic N) is 2. The molecule has 1 saturated heterocycles. The maximum Gasteiger partial charge on any atom is 0.246 e. The monoisotopic (exact) mass is 390 g/mol. The van der Waals surface area contributed by atoms with Crippen LogP contribution in [0.5, 0.6) is 5.75 Å². The molecule has 29 heavy (non-hydrogen) atoms. The van der Waals surface area contributed by atoms with E-state index in [1.165, 1.54) is 12.1 Å². The van der Waals surface area contributed by atoms with Crippen LogP contribution in [-0.4, -0.2) is 44.1 Å². The summed E-state index contributed by atoms with van der Waals surface area (Å²) in [7, 11) is 1.66. The van der Waals surface area contributed by atoms with Crippen molar-refractivity contribution in [2.75, 3.05) is 38.2 Å². The first-order chi connectivity index (χ1) is 14.1. The summed E-state index contributed by atoms with van der Waals surface area (Å²) in [4.78, 5) is 16.6. The molecule has 0 atom stereocenters. The largest absolute Gasteiger partial charge is 0.497 e. The molecule has 148 valence electrons. The quantitative estimate of drug-likeness (QED) is 0.621. The second-order valence-corrected chi connectivity index (χ2v) is 7.09. The number of piperazine rings is 1. The van der Waals surface area contributed by atoms with Crippen LogP contribution in [0.3, 0.4) is 0 Å². The molecule has 1 aliphatic rings. The van der Waals surface area contributed by atoms with Crippen LogP contribution in [0.4, 0.5) is 10.1 Å². The van der Waals surface area contributed by atoms with E-state index in [1.807, 2.05) is 41.3 Å². The number of ether oxygens (including phenoxy) is 1. The Balaban J connectivity index is 1.37. The maximum absolute atomic E-state index is 13.1. The number of rotatable bonds is 4. The molecule has 1 fully saturated rings. The molecule has 0 spiro atoms. The van der Waals surface area contributed by atoms with E-state index in [2.05, 4.69) is 11.0 Å². The van der Waals surface area contributed by atoms with Gasteiger partial charge in [-0.2, -0.15) is 0 Å². The second-order valence-electron chi connectivity index (χ2n) is 7.09. The summed E-state index contributed by atoms with van der Waals surface area (Å²) in [5.41, 5.74) is 1.97. The molecule has 0 aliphatic carbocycles. The van der Waals surface area contributed by atoms with E-state index in [0.717, 1.165) is 40.9 Å². The summed E-state index contributed by atoms with van der Waals surface area (Å²) in [6.07, 6.45) is 3.50. The van der Waals surface area contributed by atoms with Gasteiger partial charge in [0.25, 0.3) is 0 Å². The van der Waals surface area contributed by atoms with Crippen molar-refractivity contribution in [3.63, 3.8) is 0 Å². The summed E-state index contributed by atoms with van der Waals surface area (Å²) >= 11 is 0.